The molecule has 0 amide bonds. The van der Waals surface area contributed by atoms with E-state index < -0.39 is 0 Å². The zero-order chi connectivity index (χ0) is 16.1. The molecule has 0 aliphatic heterocycles. The van der Waals surface area contributed by atoms with E-state index in [1.54, 1.807) is 12.7 Å². The van der Waals surface area contributed by atoms with E-state index in [0.717, 1.165) is 5.75 Å². The molecule has 0 N–H and O–H groups in total. The maximum atomic E-state index is 5.38. The van der Waals surface area contributed by atoms with Crippen LogP contribution in [0.4, 0.5) is 0 Å². The van der Waals surface area contributed by atoms with Crippen LogP contribution in [0.15, 0.2) is 35.7 Å². The number of ether oxygens (including phenoxy) is 1. The van der Waals surface area contributed by atoms with Crippen LogP contribution < -0.4 is 4.74 Å². The second-order valence-corrected chi connectivity index (χ2v) is 7.63. The number of benzene rings is 1. The molecule has 2 aromatic rings. The van der Waals surface area contributed by atoms with Gasteiger partial charge in [0.15, 0.2) is 0 Å². The molecule has 0 fully saturated rings. The Morgan fingerprint density at radius 2 is 2.22 bits per heavy atom. The third kappa shape index (κ3) is 4.36. The lowest BCUT2D eigenvalue weighted by molar-refractivity contribution is 0.294. The smallest absolute Gasteiger partial charge is 0.119 e. The molecule has 0 spiro atoms. The van der Waals surface area contributed by atoms with Gasteiger partial charge in [0.1, 0.15) is 5.75 Å². The molecule has 23 heavy (non-hydrogen) atoms. The highest BCUT2D eigenvalue weighted by Gasteiger charge is 2.21. The predicted molar refractivity (Wildman–Crippen MR) is 98.8 cm³/mol. The summed E-state index contributed by atoms with van der Waals surface area (Å²) in [5.41, 5.74) is 3.04. The van der Waals surface area contributed by atoms with Crippen molar-refractivity contribution >= 4 is 11.3 Å². The van der Waals surface area contributed by atoms with Crippen molar-refractivity contribution in [2.75, 3.05) is 27.2 Å². The largest absolute Gasteiger partial charge is 0.497 e. The number of aryl methyl sites for hydroxylation is 2. The summed E-state index contributed by atoms with van der Waals surface area (Å²) in [6.07, 6.45) is 6.27. The van der Waals surface area contributed by atoms with Crippen molar-refractivity contribution in [2.24, 2.45) is 0 Å². The minimum atomic E-state index is 0.677. The lowest BCUT2D eigenvalue weighted by atomic mass is 9.82. The molecule has 1 aromatic heterocycles. The van der Waals surface area contributed by atoms with Crippen LogP contribution in [0.2, 0.25) is 0 Å². The SMILES string of the molecule is COc1ccc2c(c1)CCCC2CN(C)CCCc1cccs1. The van der Waals surface area contributed by atoms with Crippen molar-refractivity contribution in [3.8, 4) is 5.75 Å². The average Bonchev–Trinajstić information content (AvgIpc) is 3.08. The van der Waals surface area contributed by atoms with Gasteiger partial charge in [0.05, 0.1) is 7.11 Å². The summed E-state index contributed by atoms with van der Waals surface area (Å²) >= 11 is 1.87. The number of nitrogens with zero attached hydrogens (tertiary/aromatic N) is 1. The fraction of sp³-hybridized carbons (Fsp3) is 0.500. The van der Waals surface area contributed by atoms with Gasteiger partial charge in [0, 0.05) is 11.4 Å². The van der Waals surface area contributed by atoms with Crippen molar-refractivity contribution in [2.45, 2.75) is 38.0 Å². The summed E-state index contributed by atoms with van der Waals surface area (Å²) in [5, 5.41) is 2.17. The van der Waals surface area contributed by atoms with Gasteiger partial charge in [-0.15, -0.1) is 11.3 Å². The third-order valence-corrected chi connectivity index (χ3v) is 5.80. The van der Waals surface area contributed by atoms with E-state index in [0.29, 0.717) is 5.92 Å². The minimum Gasteiger partial charge on any atom is -0.497 e. The highest BCUT2D eigenvalue weighted by molar-refractivity contribution is 7.09. The van der Waals surface area contributed by atoms with Crippen LogP contribution in [0.25, 0.3) is 0 Å². The van der Waals surface area contributed by atoms with Crippen molar-refractivity contribution in [3.63, 3.8) is 0 Å². The molecule has 1 unspecified atom stereocenters. The Kier molecular flexibility index (Phi) is 5.74. The first-order chi connectivity index (χ1) is 11.3. The van der Waals surface area contributed by atoms with Gasteiger partial charge < -0.3 is 9.64 Å². The lowest BCUT2D eigenvalue weighted by Gasteiger charge is -2.29. The van der Waals surface area contributed by atoms with E-state index in [4.69, 9.17) is 4.74 Å². The summed E-state index contributed by atoms with van der Waals surface area (Å²) in [6.45, 7) is 2.35. The number of rotatable bonds is 7. The normalized spacial score (nSPS) is 17.3. The number of fused-ring (bicyclic) bond motifs is 1. The minimum absolute atomic E-state index is 0.677. The van der Waals surface area contributed by atoms with Gasteiger partial charge in [-0.1, -0.05) is 12.1 Å². The van der Waals surface area contributed by atoms with Crippen molar-refractivity contribution in [1.29, 1.82) is 0 Å². The Hall–Kier alpha value is -1.32. The highest BCUT2D eigenvalue weighted by Crippen LogP contribution is 2.34. The molecule has 2 nitrogen and oxygen atoms in total. The molecule has 0 bridgehead atoms. The zero-order valence-electron chi connectivity index (χ0n) is 14.3. The Morgan fingerprint density at radius 1 is 1.30 bits per heavy atom. The summed E-state index contributed by atoms with van der Waals surface area (Å²) in [7, 11) is 4.02. The predicted octanol–water partition coefficient (Wildman–Crippen LogP) is 4.74. The number of thiophene rings is 1. The Balaban J connectivity index is 1.54. The Morgan fingerprint density at radius 3 is 3.00 bits per heavy atom. The van der Waals surface area contributed by atoms with Crippen LogP contribution in [0.1, 0.15) is 41.2 Å². The summed E-state index contributed by atoms with van der Waals surface area (Å²) in [4.78, 5) is 4.02. The standard InChI is InChI=1S/C20H27NOS/c1-21(12-4-8-19-9-5-13-23-19)15-17-7-3-6-16-14-18(22-2)10-11-20(16)17/h5,9-11,13-14,17H,3-4,6-8,12,15H2,1-2H3. The van der Waals surface area contributed by atoms with Gasteiger partial charge in [-0.2, -0.15) is 0 Å². The molecule has 3 heteroatoms. The number of likely N-dealkylation sites (N-methyl/N-ethyl adjacent to an activating group) is 1. The van der Waals surface area contributed by atoms with E-state index in [1.165, 1.54) is 55.6 Å². The molecule has 0 saturated heterocycles. The first kappa shape index (κ1) is 16.5. The molecule has 0 saturated carbocycles. The molecule has 1 atom stereocenters. The average molecular weight is 330 g/mol. The molecule has 1 aliphatic rings. The van der Waals surface area contributed by atoms with E-state index >= 15 is 0 Å². The van der Waals surface area contributed by atoms with Gasteiger partial charge in [0.25, 0.3) is 0 Å². The second-order valence-electron chi connectivity index (χ2n) is 6.60. The summed E-state index contributed by atoms with van der Waals surface area (Å²) in [5.74, 6) is 1.67. The van der Waals surface area contributed by atoms with Crippen molar-refractivity contribution in [3.05, 3.63) is 51.7 Å². The Labute approximate surface area is 144 Å². The van der Waals surface area contributed by atoms with E-state index in [2.05, 4.69) is 47.7 Å². The molecular formula is C20H27NOS. The third-order valence-electron chi connectivity index (χ3n) is 4.86. The quantitative estimate of drug-likeness (QED) is 0.727. The van der Waals surface area contributed by atoms with Gasteiger partial charge in [-0.05, 0) is 86.3 Å². The van der Waals surface area contributed by atoms with Crippen LogP contribution in [0.5, 0.6) is 5.75 Å². The van der Waals surface area contributed by atoms with Crippen LogP contribution >= 0.6 is 11.3 Å². The molecule has 1 heterocycles. The Bertz CT molecular complexity index is 608. The maximum Gasteiger partial charge on any atom is 0.119 e. The molecule has 1 aromatic carbocycles. The highest BCUT2D eigenvalue weighted by atomic mass is 32.1. The maximum absolute atomic E-state index is 5.38. The summed E-state index contributed by atoms with van der Waals surface area (Å²) < 4.78 is 5.38. The van der Waals surface area contributed by atoms with E-state index in [1.807, 2.05) is 11.3 Å². The number of hydrogen-bond acceptors (Lipinski definition) is 3. The molecule has 3 rings (SSSR count). The van der Waals surface area contributed by atoms with Crippen LogP contribution in [-0.4, -0.2) is 32.1 Å². The fourth-order valence-corrected chi connectivity index (χ4v) is 4.40. The zero-order valence-corrected chi connectivity index (χ0v) is 15.1. The molecule has 0 radical (unpaired) electrons. The second kappa shape index (κ2) is 7.98. The number of hydrogen-bond donors (Lipinski definition) is 0. The van der Waals surface area contributed by atoms with Gasteiger partial charge in [-0.25, -0.2) is 0 Å². The molecule has 124 valence electrons. The van der Waals surface area contributed by atoms with Crippen LogP contribution in [0.3, 0.4) is 0 Å². The first-order valence-electron chi connectivity index (χ1n) is 8.64. The monoisotopic (exact) mass is 329 g/mol. The van der Waals surface area contributed by atoms with Gasteiger partial charge >= 0.3 is 0 Å². The number of methoxy groups -OCH3 is 1. The van der Waals surface area contributed by atoms with Gasteiger partial charge in [0.2, 0.25) is 0 Å². The topological polar surface area (TPSA) is 12.5 Å². The lowest BCUT2D eigenvalue weighted by Crippen LogP contribution is -2.28. The van der Waals surface area contributed by atoms with Crippen LogP contribution in [0, 0.1) is 0 Å². The van der Waals surface area contributed by atoms with Crippen molar-refractivity contribution < 1.29 is 4.74 Å². The van der Waals surface area contributed by atoms with Crippen molar-refractivity contribution in [1.82, 2.24) is 4.90 Å². The fourth-order valence-electron chi connectivity index (χ4n) is 3.65. The molecule has 1 aliphatic carbocycles. The van der Waals surface area contributed by atoms with E-state index in [-0.39, 0.29) is 0 Å². The first-order valence-corrected chi connectivity index (χ1v) is 9.52. The summed E-state index contributed by atoms with van der Waals surface area (Å²) in [6, 6.07) is 11.0. The van der Waals surface area contributed by atoms with Crippen LogP contribution in [-0.2, 0) is 12.8 Å². The van der Waals surface area contributed by atoms with Gasteiger partial charge in [-0.3, -0.25) is 0 Å². The van der Waals surface area contributed by atoms with E-state index in [9.17, 15) is 0 Å². The molecular weight excluding hydrogens is 302 g/mol.